The lowest BCUT2D eigenvalue weighted by molar-refractivity contribution is -0.401. The molecule has 3 atom stereocenters. The van der Waals surface area contributed by atoms with Crippen LogP contribution in [-0.2, 0) is 16.6 Å². The second kappa shape index (κ2) is 6.77. The van der Waals surface area contributed by atoms with Gasteiger partial charge >= 0.3 is 0 Å². The van der Waals surface area contributed by atoms with E-state index in [0.29, 0.717) is 0 Å². The number of ether oxygens (including phenoxy) is 1. The Morgan fingerprint density at radius 3 is 2.55 bits per heavy atom. The minimum Gasteiger partial charge on any atom is -0.469 e. The number of hydrogen-bond donors (Lipinski definition) is 0. The van der Waals surface area contributed by atoms with E-state index in [1.807, 2.05) is 0 Å². The largest absolute Gasteiger partial charge is 0.469 e. The minimum absolute atomic E-state index is 0.0892. The highest BCUT2D eigenvalue weighted by atomic mass is 16.5. The smallest absolute Gasteiger partial charge is 0.209 e. The van der Waals surface area contributed by atoms with E-state index in [-0.39, 0.29) is 17.6 Å². The van der Waals surface area contributed by atoms with Gasteiger partial charge in [-0.3, -0.25) is 0 Å². The molecule has 146 valence electrons. The normalized spacial score (nSPS) is 28.7. The van der Waals surface area contributed by atoms with Gasteiger partial charge in [0.2, 0.25) is 5.69 Å². The molecule has 0 spiro atoms. The van der Waals surface area contributed by atoms with E-state index in [4.69, 9.17) is 4.74 Å². The number of rotatable bonds is 3. The van der Waals surface area contributed by atoms with Crippen molar-refractivity contribution in [3.8, 4) is 0 Å². The Morgan fingerprint density at radius 1 is 1.03 bits per heavy atom. The number of nitrogens with zero attached hydrogens (tertiary/aromatic N) is 2. The van der Waals surface area contributed by atoms with E-state index in [1.54, 1.807) is 0 Å². The Hall–Kier alpha value is -3.07. The molecule has 0 bridgehead atoms. The molecule has 1 aliphatic carbocycles. The van der Waals surface area contributed by atoms with Crippen LogP contribution >= 0.6 is 0 Å². The second-order valence-corrected chi connectivity index (χ2v) is 8.39. The summed E-state index contributed by atoms with van der Waals surface area (Å²) < 4.78 is 8.66. The van der Waals surface area contributed by atoms with Crippen LogP contribution in [0.15, 0.2) is 90.9 Å². The zero-order valence-electron chi connectivity index (χ0n) is 17.2. The lowest BCUT2D eigenvalue weighted by atomic mass is 9.74. The number of fused-ring (bicyclic) bond motifs is 2. The number of likely N-dealkylation sites (N-methyl/N-ethyl adjacent to an activating group) is 1. The molecule has 2 aromatic carbocycles. The van der Waals surface area contributed by atoms with Crippen LogP contribution in [0.2, 0.25) is 0 Å². The van der Waals surface area contributed by atoms with Crippen molar-refractivity contribution in [3.05, 3.63) is 102 Å². The summed E-state index contributed by atoms with van der Waals surface area (Å²) in [5.41, 5.74) is 5.14. The third-order valence-corrected chi connectivity index (χ3v) is 6.56. The Labute approximate surface area is 172 Å². The van der Waals surface area contributed by atoms with Crippen molar-refractivity contribution in [3.63, 3.8) is 0 Å². The van der Waals surface area contributed by atoms with Crippen molar-refractivity contribution in [1.82, 2.24) is 4.90 Å². The van der Waals surface area contributed by atoms with Crippen molar-refractivity contribution in [2.75, 3.05) is 14.1 Å². The Bertz CT molecular complexity index is 1060. The molecular formula is C26H27N2O+. The molecule has 3 heteroatoms. The first-order chi connectivity index (χ1) is 14.1. The molecule has 3 nitrogen and oxygen atoms in total. The van der Waals surface area contributed by atoms with Gasteiger partial charge < -0.3 is 9.64 Å². The average Bonchev–Trinajstić information content (AvgIpc) is 3.17. The lowest BCUT2D eigenvalue weighted by Gasteiger charge is -2.23. The minimum atomic E-state index is -0.122. The Morgan fingerprint density at radius 2 is 1.76 bits per heavy atom. The van der Waals surface area contributed by atoms with Crippen LogP contribution in [0.4, 0.5) is 5.69 Å². The third kappa shape index (κ3) is 2.84. The molecule has 0 radical (unpaired) electrons. The molecule has 0 aromatic heterocycles. The number of hydrogen-bond acceptors (Lipinski definition) is 2. The standard InChI is InChI=1S/C26H27N2O/c1-26(18-19-11-5-4-6-12-19)20-13-7-8-14-21(20)27(2)24(26)17-25-28(3)22-15-9-10-16-23(22)29-25/h4-17,22-23H,18H2,1-3H3/q+1. The summed E-state index contributed by atoms with van der Waals surface area (Å²) in [4.78, 5) is 2.25. The quantitative estimate of drug-likeness (QED) is 0.721. The van der Waals surface area contributed by atoms with Gasteiger partial charge in [-0.25, -0.2) is 0 Å². The van der Waals surface area contributed by atoms with Gasteiger partial charge in [0.05, 0.1) is 17.5 Å². The summed E-state index contributed by atoms with van der Waals surface area (Å²) in [5, 5.41) is 0. The Balaban J connectivity index is 1.60. The molecule has 2 aromatic rings. The fourth-order valence-electron chi connectivity index (χ4n) is 4.97. The SMILES string of the molecule is CN1C(=CC2=[N+](C)c3ccccc3C2(C)Cc2ccccc2)OC2C=CC=CC21. The maximum absolute atomic E-state index is 6.33. The molecule has 2 heterocycles. The molecule has 3 aliphatic rings. The van der Waals surface area contributed by atoms with Crippen molar-refractivity contribution >= 4 is 11.4 Å². The number of para-hydroxylation sites is 1. The van der Waals surface area contributed by atoms with Crippen LogP contribution in [0.5, 0.6) is 0 Å². The highest BCUT2D eigenvalue weighted by Gasteiger charge is 2.48. The van der Waals surface area contributed by atoms with Gasteiger partial charge in [-0.05, 0) is 25.0 Å². The zero-order chi connectivity index (χ0) is 20.0. The third-order valence-electron chi connectivity index (χ3n) is 6.56. The maximum Gasteiger partial charge on any atom is 0.209 e. The zero-order valence-corrected chi connectivity index (χ0v) is 17.2. The van der Waals surface area contributed by atoms with Gasteiger partial charge in [0, 0.05) is 18.7 Å². The molecule has 0 saturated carbocycles. The first-order valence-corrected chi connectivity index (χ1v) is 10.3. The predicted molar refractivity (Wildman–Crippen MR) is 118 cm³/mol. The van der Waals surface area contributed by atoms with Crippen LogP contribution in [-0.4, -0.2) is 41.4 Å². The van der Waals surface area contributed by atoms with Gasteiger partial charge in [0.15, 0.2) is 11.6 Å². The van der Waals surface area contributed by atoms with E-state index in [1.165, 1.54) is 22.5 Å². The summed E-state index contributed by atoms with van der Waals surface area (Å²) in [6.07, 6.45) is 11.8. The van der Waals surface area contributed by atoms with Gasteiger partial charge in [-0.15, -0.1) is 0 Å². The predicted octanol–water partition coefficient (Wildman–Crippen LogP) is 4.58. The molecule has 29 heavy (non-hydrogen) atoms. The molecule has 0 amide bonds. The second-order valence-electron chi connectivity index (χ2n) is 8.39. The van der Waals surface area contributed by atoms with Gasteiger partial charge in [-0.2, -0.15) is 4.58 Å². The summed E-state index contributed by atoms with van der Waals surface area (Å²) in [6, 6.07) is 19.8. The van der Waals surface area contributed by atoms with Crippen molar-refractivity contribution in [2.45, 2.75) is 30.9 Å². The molecule has 1 saturated heterocycles. The molecule has 0 N–H and O–H groups in total. The van der Waals surface area contributed by atoms with Crippen LogP contribution in [0.1, 0.15) is 18.1 Å². The van der Waals surface area contributed by atoms with Crippen LogP contribution < -0.4 is 0 Å². The van der Waals surface area contributed by atoms with E-state index in [9.17, 15) is 0 Å². The van der Waals surface area contributed by atoms with E-state index >= 15 is 0 Å². The lowest BCUT2D eigenvalue weighted by Crippen LogP contribution is -2.34. The number of allylic oxidation sites excluding steroid dienone is 3. The van der Waals surface area contributed by atoms with Crippen molar-refractivity contribution < 1.29 is 9.31 Å². The van der Waals surface area contributed by atoms with E-state index in [0.717, 1.165) is 12.3 Å². The Kier molecular flexibility index (Phi) is 4.20. The summed E-state index contributed by atoms with van der Waals surface area (Å²) in [6.45, 7) is 2.36. The fraction of sp³-hybridized carbons (Fsp3) is 0.269. The summed E-state index contributed by atoms with van der Waals surface area (Å²) in [7, 11) is 4.29. The summed E-state index contributed by atoms with van der Waals surface area (Å²) >= 11 is 0. The monoisotopic (exact) mass is 383 g/mol. The molecular weight excluding hydrogens is 356 g/mol. The van der Waals surface area contributed by atoms with Crippen LogP contribution in [0.25, 0.3) is 0 Å². The van der Waals surface area contributed by atoms with E-state index in [2.05, 4.69) is 115 Å². The topological polar surface area (TPSA) is 15.5 Å². The van der Waals surface area contributed by atoms with Crippen molar-refractivity contribution in [1.29, 1.82) is 0 Å². The first kappa shape index (κ1) is 18.0. The van der Waals surface area contributed by atoms with Gasteiger partial charge in [-0.1, -0.05) is 66.8 Å². The highest BCUT2D eigenvalue weighted by molar-refractivity contribution is 6.03. The highest BCUT2D eigenvalue weighted by Crippen LogP contribution is 2.42. The fourth-order valence-corrected chi connectivity index (χ4v) is 4.97. The molecule has 1 fully saturated rings. The van der Waals surface area contributed by atoms with Crippen molar-refractivity contribution in [2.24, 2.45) is 0 Å². The average molecular weight is 384 g/mol. The number of benzene rings is 2. The van der Waals surface area contributed by atoms with Crippen LogP contribution in [0, 0.1) is 0 Å². The van der Waals surface area contributed by atoms with Gasteiger partial charge in [0.1, 0.15) is 13.2 Å². The van der Waals surface area contributed by atoms with Gasteiger partial charge in [0.25, 0.3) is 0 Å². The maximum atomic E-state index is 6.33. The van der Waals surface area contributed by atoms with Crippen LogP contribution in [0.3, 0.4) is 0 Å². The summed E-state index contributed by atoms with van der Waals surface area (Å²) in [5.74, 6) is 0.935. The molecule has 3 unspecified atom stereocenters. The molecule has 2 aliphatic heterocycles. The molecule has 5 rings (SSSR count). The van der Waals surface area contributed by atoms with E-state index < -0.39 is 0 Å². The first-order valence-electron chi connectivity index (χ1n) is 10.3.